The Morgan fingerprint density at radius 1 is 1.03 bits per heavy atom. The molecule has 2 aromatic rings. The SMILES string of the molecule is Cl.NCc1ccc(C(=O)NCCCOC2CCN(Cc3ccccc3)CC2)cc1. The van der Waals surface area contributed by atoms with Crippen LogP contribution in [0.5, 0.6) is 0 Å². The highest BCUT2D eigenvalue weighted by Gasteiger charge is 2.19. The van der Waals surface area contributed by atoms with Crippen LogP contribution in [0.15, 0.2) is 54.6 Å². The molecule has 1 fully saturated rings. The summed E-state index contributed by atoms with van der Waals surface area (Å²) in [5.74, 6) is -0.0437. The van der Waals surface area contributed by atoms with Crippen LogP contribution in [0.3, 0.4) is 0 Å². The molecule has 0 aliphatic carbocycles. The number of carbonyl (C=O) groups excluding carboxylic acids is 1. The van der Waals surface area contributed by atoms with Crippen LogP contribution in [0.4, 0.5) is 0 Å². The summed E-state index contributed by atoms with van der Waals surface area (Å²) in [4.78, 5) is 14.6. The lowest BCUT2D eigenvalue weighted by Gasteiger charge is -2.32. The third-order valence-electron chi connectivity index (χ3n) is 5.20. The largest absolute Gasteiger partial charge is 0.378 e. The van der Waals surface area contributed by atoms with E-state index < -0.39 is 0 Å². The number of rotatable bonds is 9. The molecule has 1 saturated heterocycles. The zero-order chi connectivity index (χ0) is 19.6. The van der Waals surface area contributed by atoms with Crippen molar-refractivity contribution in [2.45, 2.75) is 38.5 Å². The van der Waals surface area contributed by atoms with E-state index in [0.717, 1.165) is 44.5 Å². The zero-order valence-electron chi connectivity index (χ0n) is 16.9. The van der Waals surface area contributed by atoms with E-state index in [1.54, 1.807) is 0 Å². The van der Waals surface area contributed by atoms with E-state index in [2.05, 4.69) is 40.5 Å². The summed E-state index contributed by atoms with van der Waals surface area (Å²) in [5, 5.41) is 2.95. The highest BCUT2D eigenvalue weighted by Crippen LogP contribution is 2.16. The van der Waals surface area contributed by atoms with Crippen LogP contribution in [0.25, 0.3) is 0 Å². The second kappa shape index (κ2) is 12.6. The molecule has 1 aliphatic heterocycles. The van der Waals surface area contributed by atoms with Crippen molar-refractivity contribution in [1.82, 2.24) is 10.2 Å². The molecule has 0 spiro atoms. The van der Waals surface area contributed by atoms with E-state index in [1.165, 1.54) is 5.56 Å². The monoisotopic (exact) mass is 417 g/mol. The smallest absolute Gasteiger partial charge is 0.251 e. The van der Waals surface area contributed by atoms with Gasteiger partial charge in [0.25, 0.3) is 5.91 Å². The molecule has 0 radical (unpaired) electrons. The minimum atomic E-state index is -0.0437. The van der Waals surface area contributed by atoms with Gasteiger partial charge in [-0.1, -0.05) is 42.5 Å². The number of amides is 1. The topological polar surface area (TPSA) is 67.6 Å². The minimum absolute atomic E-state index is 0. The number of ether oxygens (including phenoxy) is 1. The molecule has 0 atom stereocenters. The van der Waals surface area contributed by atoms with Crippen molar-refractivity contribution in [2.75, 3.05) is 26.2 Å². The Labute approximate surface area is 180 Å². The Hall–Kier alpha value is -1.92. The van der Waals surface area contributed by atoms with Gasteiger partial charge in [0.2, 0.25) is 0 Å². The molecular formula is C23H32ClN3O2. The number of halogens is 1. The number of hydrogen-bond acceptors (Lipinski definition) is 4. The standard InChI is InChI=1S/C23H31N3O2.ClH/c24-17-19-7-9-21(10-8-19)23(27)25-13-4-16-28-22-11-14-26(15-12-22)18-20-5-2-1-3-6-20;/h1-3,5-10,22H,4,11-18,24H2,(H,25,27);1H. The second-order valence-electron chi connectivity index (χ2n) is 7.34. The van der Waals surface area contributed by atoms with Crippen LogP contribution in [0.1, 0.15) is 40.7 Å². The molecule has 158 valence electrons. The predicted octanol–water partition coefficient (Wildman–Crippen LogP) is 3.37. The highest BCUT2D eigenvalue weighted by atomic mass is 35.5. The quantitative estimate of drug-likeness (QED) is 0.614. The summed E-state index contributed by atoms with van der Waals surface area (Å²) in [6.45, 7) is 4.99. The first-order chi connectivity index (χ1) is 13.7. The molecule has 5 nitrogen and oxygen atoms in total. The van der Waals surface area contributed by atoms with Gasteiger partial charge in [0.1, 0.15) is 0 Å². The summed E-state index contributed by atoms with van der Waals surface area (Å²) in [7, 11) is 0. The van der Waals surface area contributed by atoms with Crippen molar-refractivity contribution in [3.8, 4) is 0 Å². The zero-order valence-corrected chi connectivity index (χ0v) is 17.7. The molecule has 29 heavy (non-hydrogen) atoms. The number of hydrogen-bond donors (Lipinski definition) is 2. The first-order valence-corrected chi connectivity index (χ1v) is 10.2. The number of nitrogens with one attached hydrogen (secondary N) is 1. The second-order valence-corrected chi connectivity index (χ2v) is 7.34. The van der Waals surface area contributed by atoms with Crippen molar-refractivity contribution < 1.29 is 9.53 Å². The van der Waals surface area contributed by atoms with Crippen LogP contribution >= 0.6 is 12.4 Å². The summed E-state index contributed by atoms with van der Waals surface area (Å²) in [6.07, 6.45) is 3.32. The van der Waals surface area contributed by atoms with E-state index in [9.17, 15) is 4.79 Å². The van der Waals surface area contributed by atoms with Crippen LogP contribution in [-0.4, -0.2) is 43.2 Å². The van der Waals surface area contributed by atoms with E-state index in [0.29, 0.717) is 31.4 Å². The third-order valence-corrected chi connectivity index (χ3v) is 5.20. The van der Waals surface area contributed by atoms with Crippen molar-refractivity contribution in [3.63, 3.8) is 0 Å². The van der Waals surface area contributed by atoms with Crippen molar-refractivity contribution >= 4 is 18.3 Å². The molecular weight excluding hydrogens is 386 g/mol. The first-order valence-electron chi connectivity index (χ1n) is 10.2. The maximum Gasteiger partial charge on any atom is 0.251 e. The summed E-state index contributed by atoms with van der Waals surface area (Å²) in [6, 6.07) is 18.0. The summed E-state index contributed by atoms with van der Waals surface area (Å²) in [5.41, 5.74) is 8.64. The van der Waals surface area contributed by atoms with Gasteiger partial charge in [-0.15, -0.1) is 12.4 Å². The molecule has 3 N–H and O–H groups in total. The Morgan fingerprint density at radius 3 is 2.38 bits per heavy atom. The number of piperidine rings is 1. The van der Waals surface area contributed by atoms with E-state index in [-0.39, 0.29) is 18.3 Å². The van der Waals surface area contributed by atoms with Crippen LogP contribution in [0, 0.1) is 0 Å². The fourth-order valence-electron chi connectivity index (χ4n) is 3.49. The fraction of sp³-hybridized carbons (Fsp3) is 0.435. The molecule has 3 rings (SSSR count). The predicted molar refractivity (Wildman–Crippen MR) is 119 cm³/mol. The Morgan fingerprint density at radius 2 is 1.72 bits per heavy atom. The van der Waals surface area contributed by atoms with Gasteiger partial charge in [0.05, 0.1) is 6.10 Å². The highest BCUT2D eigenvalue weighted by molar-refractivity contribution is 5.94. The summed E-state index contributed by atoms with van der Waals surface area (Å²) < 4.78 is 6.01. The van der Waals surface area contributed by atoms with Gasteiger partial charge in [-0.25, -0.2) is 0 Å². The third kappa shape index (κ3) is 7.78. The molecule has 0 bridgehead atoms. The van der Waals surface area contributed by atoms with E-state index >= 15 is 0 Å². The van der Waals surface area contributed by atoms with Gasteiger partial charge in [0.15, 0.2) is 0 Å². The lowest BCUT2D eigenvalue weighted by molar-refractivity contribution is 0.00515. The van der Waals surface area contributed by atoms with Crippen molar-refractivity contribution in [2.24, 2.45) is 5.73 Å². The molecule has 1 heterocycles. The molecule has 1 aliphatic rings. The minimum Gasteiger partial charge on any atom is -0.378 e. The van der Waals surface area contributed by atoms with Gasteiger partial charge >= 0.3 is 0 Å². The van der Waals surface area contributed by atoms with Crippen LogP contribution in [-0.2, 0) is 17.8 Å². The average Bonchev–Trinajstić information content (AvgIpc) is 2.75. The number of likely N-dealkylation sites (tertiary alicyclic amines) is 1. The van der Waals surface area contributed by atoms with Crippen LogP contribution < -0.4 is 11.1 Å². The molecule has 0 saturated carbocycles. The maximum atomic E-state index is 12.1. The summed E-state index contributed by atoms with van der Waals surface area (Å²) >= 11 is 0. The van der Waals surface area contributed by atoms with Gasteiger partial charge in [0, 0.05) is 44.9 Å². The molecule has 1 amide bonds. The fourth-order valence-corrected chi connectivity index (χ4v) is 3.49. The first kappa shape index (κ1) is 23.4. The molecule has 0 unspecified atom stereocenters. The number of nitrogens with zero attached hydrogens (tertiary/aromatic N) is 1. The van der Waals surface area contributed by atoms with Crippen molar-refractivity contribution in [3.05, 3.63) is 71.3 Å². The number of nitrogens with two attached hydrogens (primary N) is 1. The van der Waals surface area contributed by atoms with E-state index in [4.69, 9.17) is 10.5 Å². The Kier molecular flexibility index (Phi) is 10.2. The lowest BCUT2D eigenvalue weighted by Crippen LogP contribution is -2.36. The Bertz CT molecular complexity index is 717. The van der Waals surface area contributed by atoms with Gasteiger partial charge < -0.3 is 15.8 Å². The normalized spacial score (nSPS) is 14.9. The van der Waals surface area contributed by atoms with Gasteiger partial charge in [-0.3, -0.25) is 9.69 Å². The maximum absolute atomic E-state index is 12.1. The van der Waals surface area contributed by atoms with Gasteiger partial charge in [-0.2, -0.15) is 0 Å². The Balaban J connectivity index is 0.00000300. The number of benzene rings is 2. The van der Waals surface area contributed by atoms with Crippen molar-refractivity contribution in [1.29, 1.82) is 0 Å². The molecule has 2 aromatic carbocycles. The van der Waals surface area contributed by atoms with E-state index in [1.807, 2.05) is 24.3 Å². The number of carbonyl (C=O) groups is 1. The average molecular weight is 418 g/mol. The molecule has 0 aromatic heterocycles. The van der Waals surface area contributed by atoms with Gasteiger partial charge in [-0.05, 0) is 42.5 Å². The van der Waals surface area contributed by atoms with Crippen LogP contribution in [0.2, 0.25) is 0 Å². The molecule has 6 heteroatoms. The lowest BCUT2D eigenvalue weighted by atomic mass is 10.1.